The average molecular weight is 298 g/mol. The zero-order chi connectivity index (χ0) is 15.8. The minimum absolute atomic E-state index is 0.818. The number of fused-ring (bicyclic) bond motifs is 2. The zero-order valence-electron chi connectivity index (χ0n) is 13.2. The van der Waals surface area contributed by atoms with Crippen LogP contribution in [-0.2, 0) is 11.2 Å². The molecule has 0 saturated heterocycles. The Morgan fingerprint density at radius 2 is 1.65 bits per heavy atom. The maximum absolute atomic E-state index is 11.7. The number of carbonyl (C=O) groups is 1. The predicted octanol–water partition coefficient (Wildman–Crippen LogP) is 5.10. The van der Waals surface area contributed by atoms with Gasteiger partial charge in [0.05, 0.1) is 0 Å². The van der Waals surface area contributed by atoms with E-state index in [0.717, 1.165) is 30.3 Å². The summed E-state index contributed by atoms with van der Waals surface area (Å²) in [6, 6.07) is 21.2. The van der Waals surface area contributed by atoms with Crippen LogP contribution in [0.4, 0.5) is 0 Å². The Labute approximate surface area is 136 Å². The van der Waals surface area contributed by atoms with E-state index in [9.17, 15) is 4.79 Å². The Bertz CT molecular complexity index is 947. The van der Waals surface area contributed by atoms with Crippen LogP contribution in [0, 0.1) is 6.92 Å². The summed E-state index contributed by atoms with van der Waals surface area (Å²) in [5.74, 6) is 0. The molecule has 0 amide bonds. The van der Waals surface area contributed by atoms with Crippen LogP contribution in [0.1, 0.15) is 28.7 Å². The molecule has 0 N–H and O–H groups in total. The normalized spacial score (nSPS) is 14.0. The first-order valence-corrected chi connectivity index (χ1v) is 8.05. The van der Waals surface area contributed by atoms with Crippen molar-refractivity contribution >= 4 is 22.6 Å². The van der Waals surface area contributed by atoms with Gasteiger partial charge in [0.2, 0.25) is 0 Å². The minimum atomic E-state index is 0.818. The molecule has 0 heterocycles. The van der Waals surface area contributed by atoms with E-state index in [1.807, 2.05) is 0 Å². The number of hydrogen-bond donors (Lipinski definition) is 0. The van der Waals surface area contributed by atoms with Crippen LogP contribution in [0.15, 0.2) is 66.2 Å². The van der Waals surface area contributed by atoms with Gasteiger partial charge in [-0.05, 0) is 58.4 Å². The topological polar surface area (TPSA) is 17.1 Å². The number of allylic oxidation sites excluding steroid dienone is 1. The molecule has 0 unspecified atom stereocenters. The van der Waals surface area contributed by atoms with Gasteiger partial charge < -0.3 is 0 Å². The molecule has 0 atom stereocenters. The van der Waals surface area contributed by atoms with Crippen molar-refractivity contribution < 1.29 is 4.79 Å². The highest BCUT2D eigenvalue weighted by Gasteiger charge is 2.22. The average Bonchev–Trinajstić information content (AvgIpc) is 2.61. The van der Waals surface area contributed by atoms with E-state index in [4.69, 9.17) is 0 Å². The van der Waals surface area contributed by atoms with Crippen molar-refractivity contribution in [1.82, 2.24) is 0 Å². The van der Waals surface area contributed by atoms with E-state index < -0.39 is 0 Å². The highest BCUT2D eigenvalue weighted by Crippen LogP contribution is 2.39. The van der Waals surface area contributed by atoms with Gasteiger partial charge in [-0.25, -0.2) is 0 Å². The number of rotatable bonds is 2. The Hall–Kier alpha value is -2.67. The highest BCUT2D eigenvalue weighted by atomic mass is 16.1. The van der Waals surface area contributed by atoms with Gasteiger partial charge in [0, 0.05) is 5.57 Å². The first-order chi connectivity index (χ1) is 11.3. The molecule has 1 nitrogen and oxygen atoms in total. The summed E-state index contributed by atoms with van der Waals surface area (Å²) >= 11 is 0. The molecular weight excluding hydrogens is 280 g/mol. The van der Waals surface area contributed by atoms with Crippen LogP contribution in [0.5, 0.6) is 0 Å². The van der Waals surface area contributed by atoms with Gasteiger partial charge in [0.25, 0.3) is 0 Å². The summed E-state index contributed by atoms with van der Waals surface area (Å²) in [5, 5.41) is 2.44. The van der Waals surface area contributed by atoms with E-state index in [-0.39, 0.29) is 0 Å². The van der Waals surface area contributed by atoms with Crippen LogP contribution >= 0.6 is 0 Å². The molecule has 0 radical (unpaired) electrons. The number of aldehydes is 1. The Balaban J connectivity index is 2.12. The molecule has 0 fully saturated rings. The zero-order valence-corrected chi connectivity index (χ0v) is 13.2. The van der Waals surface area contributed by atoms with Crippen LogP contribution in [-0.4, -0.2) is 6.29 Å². The summed E-state index contributed by atoms with van der Waals surface area (Å²) in [6.07, 6.45) is 2.81. The molecule has 3 aromatic carbocycles. The second-order valence-electron chi connectivity index (χ2n) is 6.15. The second kappa shape index (κ2) is 5.51. The molecule has 1 aliphatic carbocycles. The summed E-state index contributed by atoms with van der Waals surface area (Å²) in [6.45, 7) is 2.13. The fourth-order valence-corrected chi connectivity index (χ4v) is 3.67. The lowest BCUT2D eigenvalue weighted by Gasteiger charge is -2.23. The lowest BCUT2D eigenvalue weighted by atomic mass is 9.80. The third kappa shape index (κ3) is 2.20. The van der Waals surface area contributed by atoms with Crippen molar-refractivity contribution in [2.24, 2.45) is 0 Å². The van der Waals surface area contributed by atoms with Gasteiger partial charge in [0.15, 0.2) is 0 Å². The van der Waals surface area contributed by atoms with Gasteiger partial charge in [-0.15, -0.1) is 0 Å². The third-order valence-corrected chi connectivity index (χ3v) is 4.80. The van der Waals surface area contributed by atoms with Gasteiger partial charge in [-0.1, -0.05) is 60.7 Å². The van der Waals surface area contributed by atoms with Crippen molar-refractivity contribution in [2.75, 3.05) is 0 Å². The number of carbonyl (C=O) groups excluding carboxylic acids is 1. The van der Waals surface area contributed by atoms with Crippen molar-refractivity contribution in [3.05, 3.63) is 88.5 Å². The van der Waals surface area contributed by atoms with E-state index in [2.05, 4.69) is 67.6 Å². The molecule has 0 saturated carbocycles. The third-order valence-electron chi connectivity index (χ3n) is 4.80. The maximum atomic E-state index is 11.7. The monoisotopic (exact) mass is 298 g/mol. The molecule has 4 rings (SSSR count). The molecule has 23 heavy (non-hydrogen) atoms. The molecule has 0 spiro atoms. The number of aryl methyl sites for hydroxylation is 2. The van der Waals surface area contributed by atoms with Gasteiger partial charge >= 0.3 is 0 Å². The summed E-state index contributed by atoms with van der Waals surface area (Å²) < 4.78 is 0. The second-order valence-corrected chi connectivity index (χ2v) is 6.15. The first-order valence-electron chi connectivity index (χ1n) is 8.05. The summed E-state index contributed by atoms with van der Waals surface area (Å²) in [5.41, 5.74) is 7.01. The Morgan fingerprint density at radius 3 is 2.52 bits per heavy atom. The fraction of sp³-hybridized carbons (Fsp3) is 0.136. The fourth-order valence-electron chi connectivity index (χ4n) is 3.67. The van der Waals surface area contributed by atoms with Crippen molar-refractivity contribution in [3.63, 3.8) is 0 Å². The molecule has 0 aliphatic heterocycles. The van der Waals surface area contributed by atoms with Gasteiger partial charge in [-0.2, -0.15) is 0 Å². The van der Waals surface area contributed by atoms with Crippen LogP contribution in [0.2, 0.25) is 0 Å². The Morgan fingerprint density at radius 1 is 0.870 bits per heavy atom. The molecule has 1 aliphatic rings. The highest BCUT2D eigenvalue weighted by molar-refractivity contribution is 6.05. The van der Waals surface area contributed by atoms with E-state index >= 15 is 0 Å². The minimum Gasteiger partial charge on any atom is -0.298 e. The molecule has 1 heteroatoms. The van der Waals surface area contributed by atoms with Crippen LogP contribution in [0.25, 0.3) is 16.3 Å². The van der Waals surface area contributed by atoms with Crippen molar-refractivity contribution in [2.45, 2.75) is 19.8 Å². The van der Waals surface area contributed by atoms with Gasteiger partial charge in [-0.3, -0.25) is 4.79 Å². The predicted molar refractivity (Wildman–Crippen MR) is 95.5 cm³/mol. The lowest BCUT2D eigenvalue weighted by Crippen LogP contribution is -2.08. The van der Waals surface area contributed by atoms with E-state index in [1.54, 1.807) is 0 Å². The maximum Gasteiger partial charge on any atom is 0.146 e. The smallest absolute Gasteiger partial charge is 0.146 e. The van der Waals surface area contributed by atoms with Gasteiger partial charge in [0.1, 0.15) is 6.29 Å². The standard InChI is InChI=1S/C22H18O/c1-15-10-11-16-6-2-4-8-19(16)21(15)22-18(14-23)13-12-17-7-3-5-9-20(17)22/h2-11,14H,12-13H2,1H3. The lowest BCUT2D eigenvalue weighted by molar-refractivity contribution is -0.105. The number of hydrogen-bond acceptors (Lipinski definition) is 1. The molecule has 112 valence electrons. The molecule has 0 bridgehead atoms. The summed E-state index contributed by atoms with van der Waals surface area (Å²) in [4.78, 5) is 11.7. The van der Waals surface area contributed by atoms with E-state index in [1.165, 1.54) is 33.0 Å². The van der Waals surface area contributed by atoms with Crippen LogP contribution in [0.3, 0.4) is 0 Å². The van der Waals surface area contributed by atoms with Crippen LogP contribution < -0.4 is 0 Å². The van der Waals surface area contributed by atoms with Crippen molar-refractivity contribution in [3.8, 4) is 0 Å². The molecule has 3 aromatic rings. The summed E-state index contributed by atoms with van der Waals surface area (Å²) in [7, 11) is 0. The largest absolute Gasteiger partial charge is 0.298 e. The molecular formula is C22H18O. The quantitative estimate of drug-likeness (QED) is 0.602. The molecule has 0 aromatic heterocycles. The number of benzene rings is 3. The van der Waals surface area contributed by atoms with Crippen molar-refractivity contribution in [1.29, 1.82) is 0 Å². The first kappa shape index (κ1) is 14.0. The van der Waals surface area contributed by atoms with E-state index in [0.29, 0.717) is 0 Å². The Kier molecular flexibility index (Phi) is 3.34. The SMILES string of the molecule is Cc1ccc2ccccc2c1C1=C(C=O)CCc2ccccc21.